The van der Waals surface area contributed by atoms with Crippen molar-refractivity contribution in [3.05, 3.63) is 77.3 Å². The Labute approximate surface area is 560 Å². The van der Waals surface area contributed by atoms with E-state index in [0.717, 1.165) is 59.8 Å². The molecule has 97 heavy (non-hydrogen) atoms. The molecule has 13 N–H and O–H groups in total. The monoisotopic (exact) mass is 1400 g/mol. The molecule has 0 aromatic carbocycles. The molecule has 7 rings (SSSR count). The Bertz CT molecular complexity index is 3270. The number of aromatic amines is 2. The minimum Gasteiger partial charge on any atom is -0.390 e. The van der Waals surface area contributed by atoms with Crippen molar-refractivity contribution in [3.8, 4) is 0 Å². The van der Waals surface area contributed by atoms with E-state index in [1.54, 1.807) is 13.8 Å². The number of phosphoric ester groups is 1. The first-order valence-corrected chi connectivity index (χ1v) is 35.1. The van der Waals surface area contributed by atoms with Gasteiger partial charge in [0.2, 0.25) is 23.6 Å². The van der Waals surface area contributed by atoms with Gasteiger partial charge in [0, 0.05) is 102 Å². The van der Waals surface area contributed by atoms with Gasteiger partial charge in [0.1, 0.15) is 24.7 Å². The Morgan fingerprint density at radius 1 is 0.670 bits per heavy atom. The summed E-state index contributed by atoms with van der Waals surface area (Å²) in [4.78, 5) is 117. The molecule has 0 bridgehead atoms. The van der Waals surface area contributed by atoms with Crippen LogP contribution >= 0.6 is 7.82 Å². The second-order valence-corrected chi connectivity index (χ2v) is 26.6. The number of carbonyl (C=O) groups is 4. The minimum absolute atomic E-state index is 0.0482. The molecule has 34 heteroatoms. The van der Waals surface area contributed by atoms with Crippen molar-refractivity contribution in [2.75, 3.05) is 59.7 Å². The van der Waals surface area contributed by atoms with Gasteiger partial charge in [-0.25, -0.2) is 14.2 Å². The molecule has 3 aliphatic heterocycles. The zero-order chi connectivity index (χ0) is 70.6. The quantitative estimate of drug-likeness (QED) is 0.0241. The van der Waals surface area contributed by atoms with Crippen LogP contribution in [0.25, 0.3) is 12.2 Å². The Balaban J connectivity index is 0.729. The molecule has 5 fully saturated rings. The Hall–Kier alpha value is -5.69. The third kappa shape index (κ3) is 21.2. The van der Waals surface area contributed by atoms with E-state index >= 15 is 0 Å². The summed E-state index contributed by atoms with van der Waals surface area (Å²) in [6.07, 6.45) is 5.00. The number of aromatic nitrogens is 4. The van der Waals surface area contributed by atoms with Gasteiger partial charge < -0.3 is 90.0 Å². The zero-order valence-electron chi connectivity index (χ0n) is 55.6. The van der Waals surface area contributed by atoms with Crippen molar-refractivity contribution in [3.63, 3.8) is 0 Å². The van der Waals surface area contributed by atoms with Crippen LogP contribution in [0.2, 0.25) is 0 Å². The number of unbranched alkanes of at least 4 members (excludes halogenated alkanes) is 8. The molecular formula is C63H99N8O25P. The molecule has 0 radical (unpaired) electrons. The number of hydrogen-bond donors (Lipinski definition) is 13. The number of hydrogen-bond acceptors (Lipinski definition) is 24. The number of aliphatic hydroxyl groups is 6. The van der Waals surface area contributed by atoms with Gasteiger partial charge in [-0.15, -0.1) is 0 Å². The summed E-state index contributed by atoms with van der Waals surface area (Å²) in [6, 6.07) is 0. The van der Waals surface area contributed by atoms with Gasteiger partial charge in [-0.05, 0) is 90.2 Å². The van der Waals surface area contributed by atoms with Crippen LogP contribution in [0.1, 0.15) is 160 Å². The standard InChI is InChI=1S/C63H99N8O25P/c1-6-41-52(76)54(78)50-58(94-62(41,50)84)89-30-18-12-20-45(72)64-26-14-8-10-16-28-66-47(74)24-22-39-33-70(60(82)68-56(39)80)38(4)92-37(3)35-91-97(86,87)96-43-32-49(93-44(43)36-88-5)71-34-40(57(81)69-61(71)83)23-25-48(75)67-29-17-11-9-15-27-65-46(73)21-13-19-31-90-59-51-55(79)53(77)42(7-2)63(51,85)95-59/h22-25,33-34,37-38,41-44,49-55,58-59,76-79,84-85H,6-21,26-32,35-36H2,1-5H3,(H,64,72)(H,65,73)(H,66,74)(H,67,75)(H,86,87)(H,68,80,82)(H,69,81,83)/b24-22+,25-23+/t37-,38+,41?,42?,43?,44+,49?,50?,51?,52+,53?,54?,55?,58?,59?,62?,63?/m1/s1. The van der Waals surface area contributed by atoms with Crippen LogP contribution in [-0.2, 0) is 65.9 Å². The van der Waals surface area contributed by atoms with Gasteiger partial charge in [-0.3, -0.25) is 56.9 Å². The molecule has 4 amide bonds. The summed E-state index contributed by atoms with van der Waals surface area (Å²) in [5, 5.41) is 73.7. The van der Waals surface area contributed by atoms with E-state index in [1.165, 1.54) is 45.5 Å². The van der Waals surface area contributed by atoms with E-state index < -0.39 is 152 Å². The van der Waals surface area contributed by atoms with Crippen LogP contribution in [0.4, 0.5) is 0 Å². The third-order valence-corrected chi connectivity index (χ3v) is 19.2. The molecule has 5 heterocycles. The second kappa shape index (κ2) is 37.1. The van der Waals surface area contributed by atoms with Crippen LogP contribution < -0.4 is 43.8 Å². The number of nitrogens with zero attached hydrogens (tertiary/aromatic N) is 2. The number of ether oxygens (including phenoxy) is 7. The number of aliphatic hydroxyl groups excluding tert-OH is 4. The van der Waals surface area contributed by atoms with Crippen molar-refractivity contribution in [1.82, 2.24) is 40.4 Å². The van der Waals surface area contributed by atoms with Crippen molar-refractivity contribution >= 4 is 43.6 Å². The molecule has 14 unspecified atom stereocenters. The van der Waals surface area contributed by atoms with Crippen molar-refractivity contribution in [2.24, 2.45) is 23.7 Å². The number of phosphoric acid groups is 1. The molecule has 546 valence electrons. The lowest BCUT2D eigenvalue weighted by Crippen LogP contribution is -2.63. The lowest BCUT2D eigenvalue weighted by atomic mass is 9.88. The van der Waals surface area contributed by atoms with E-state index in [2.05, 4.69) is 31.2 Å². The maximum absolute atomic E-state index is 13.4. The first-order valence-electron chi connectivity index (χ1n) is 33.6. The highest BCUT2D eigenvalue weighted by molar-refractivity contribution is 7.47. The highest BCUT2D eigenvalue weighted by atomic mass is 31.2. The van der Waals surface area contributed by atoms with E-state index in [0.29, 0.717) is 90.4 Å². The predicted octanol–water partition coefficient (Wildman–Crippen LogP) is 0.278. The fraction of sp³-hybridized carbons (Fsp3) is 0.746. The van der Waals surface area contributed by atoms with E-state index in [9.17, 15) is 78.5 Å². The topological polar surface area (TPSA) is 468 Å². The Kier molecular flexibility index (Phi) is 30.1. The average molecular weight is 1400 g/mol. The Morgan fingerprint density at radius 2 is 1.13 bits per heavy atom. The van der Waals surface area contributed by atoms with Gasteiger partial charge in [0.15, 0.2) is 24.2 Å². The van der Waals surface area contributed by atoms with Crippen molar-refractivity contribution in [1.29, 1.82) is 0 Å². The normalized spacial score (nSPS) is 29.3. The van der Waals surface area contributed by atoms with Gasteiger partial charge in [-0.2, -0.15) is 0 Å². The van der Waals surface area contributed by atoms with Crippen LogP contribution in [0.3, 0.4) is 0 Å². The second-order valence-electron chi connectivity index (χ2n) is 25.2. The SMILES string of the molecule is CCC1C(O)C(O)C2C(OCCCCC(=O)NCCCCCCNC(=O)/C=C/c3cn(C4CC(OP(=O)(O)OC[C@@H](C)O[C@@H](C)n5cc(/C=C/C(=O)NCCCCCCNC(=O)CCCCOC6OC7(O)C6C(O)[C@@H](O)C7CC)c(=O)[nH]c5=O)[C@H](COC)O4)c(=O)[nH]c3=O)OC12O. The molecule has 18 atom stereocenters. The fourth-order valence-corrected chi connectivity index (χ4v) is 13.9. The minimum atomic E-state index is -4.90. The molecule has 5 aliphatic rings. The summed E-state index contributed by atoms with van der Waals surface area (Å²) in [6.45, 7) is 8.04. The van der Waals surface area contributed by atoms with Crippen molar-refractivity contribution < 1.29 is 101 Å². The lowest BCUT2D eigenvalue weighted by molar-refractivity contribution is -0.438. The van der Waals surface area contributed by atoms with Crippen LogP contribution in [0.15, 0.2) is 43.7 Å². The number of methoxy groups -OCH3 is 1. The highest BCUT2D eigenvalue weighted by Crippen LogP contribution is 2.55. The van der Waals surface area contributed by atoms with Crippen LogP contribution in [0.5, 0.6) is 0 Å². The molecule has 2 aromatic heterocycles. The fourth-order valence-electron chi connectivity index (χ4n) is 12.9. The summed E-state index contributed by atoms with van der Waals surface area (Å²) in [5.41, 5.74) is -3.40. The maximum atomic E-state index is 13.4. The Morgan fingerprint density at radius 3 is 1.61 bits per heavy atom. The predicted molar refractivity (Wildman–Crippen MR) is 344 cm³/mol. The van der Waals surface area contributed by atoms with Gasteiger partial charge in [-0.1, -0.05) is 39.5 Å². The van der Waals surface area contributed by atoms with Crippen molar-refractivity contribution in [2.45, 2.75) is 216 Å². The van der Waals surface area contributed by atoms with Gasteiger partial charge in [0.05, 0.1) is 66.7 Å². The van der Waals surface area contributed by atoms with E-state index in [1.807, 2.05) is 0 Å². The number of rotatable bonds is 43. The smallest absolute Gasteiger partial charge is 0.390 e. The molecule has 2 aliphatic carbocycles. The molecule has 2 saturated carbocycles. The van der Waals surface area contributed by atoms with Gasteiger partial charge in [0.25, 0.3) is 11.1 Å². The highest BCUT2D eigenvalue weighted by Gasteiger charge is 2.71. The summed E-state index contributed by atoms with van der Waals surface area (Å²) >= 11 is 0. The summed E-state index contributed by atoms with van der Waals surface area (Å²) < 4.78 is 65.7. The van der Waals surface area contributed by atoms with Crippen LogP contribution in [-0.4, -0.2) is 205 Å². The molecule has 33 nitrogen and oxygen atoms in total. The van der Waals surface area contributed by atoms with E-state index in [4.69, 9.17) is 42.2 Å². The molecular weight excluding hydrogens is 1300 g/mol. The number of fused-ring (bicyclic) bond motifs is 2. The number of nitrogens with one attached hydrogen (secondary N) is 6. The van der Waals surface area contributed by atoms with Crippen LogP contribution in [0, 0.1) is 23.7 Å². The first-order chi connectivity index (χ1) is 46.2. The summed E-state index contributed by atoms with van der Waals surface area (Å²) in [7, 11) is -3.55. The molecule has 0 spiro atoms. The average Bonchev–Trinajstić information content (AvgIpc) is 1.57. The molecule has 2 aromatic rings. The largest absolute Gasteiger partial charge is 0.472 e. The number of carbonyl (C=O) groups excluding carboxylic acids is 4. The maximum Gasteiger partial charge on any atom is 0.472 e. The number of H-pyrrole nitrogens is 2. The number of amides is 4. The third-order valence-electron chi connectivity index (χ3n) is 18.2. The first kappa shape index (κ1) is 78.6. The lowest BCUT2D eigenvalue weighted by Gasteiger charge is -2.49. The van der Waals surface area contributed by atoms with Gasteiger partial charge >= 0.3 is 19.2 Å². The summed E-state index contributed by atoms with van der Waals surface area (Å²) in [5.74, 6) is -7.03. The van der Waals surface area contributed by atoms with E-state index in [-0.39, 0.29) is 49.2 Å². The zero-order valence-corrected chi connectivity index (χ0v) is 56.5. The molecule has 3 saturated heterocycles.